The lowest BCUT2D eigenvalue weighted by atomic mass is 9.91. The normalized spacial score (nSPS) is 16.8. The maximum Gasteiger partial charge on any atom is 0.407 e. The number of carbonyl (C=O) groups is 2. The molecule has 1 aliphatic rings. The fraction of sp³-hybridized carbons (Fsp3) is 0.281. The molecule has 4 N–H and O–H groups in total. The molecule has 2 amide bonds. The lowest BCUT2D eigenvalue weighted by molar-refractivity contribution is 0.0921. The summed E-state index contributed by atoms with van der Waals surface area (Å²) in [4.78, 5) is 49.3. The number of hydrogen-bond donors (Lipinski definition) is 4. The minimum absolute atomic E-state index is 0.0218. The summed E-state index contributed by atoms with van der Waals surface area (Å²) in [5.41, 5.74) is 2.46. The second kappa shape index (κ2) is 13.6. The van der Waals surface area contributed by atoms with E-state index in [0.29, 0.717) is 34.3 Å². The van der Waals surface area contributed by atoms with E-state index in [1.54, 1.807) is 37.5 Å². The predicted molar refractivity (Wildman–Crippen MR) is 164 cm³/mol. The highest BCUT2D eigenvalue weighted by Crippen LogP contribution is 2.28. The van der Waals surface area contributed by atoms with Crippen LogP contribution < -0.4 is 16.0 Å². The van der Waals surface area contributed by atoms with Crippen molar-refractivity contribution in [3.8, 4) is 11.4 Å². The van der Waals surface area contributed by atoms with E-state index in [0.717, 1.165) is 31.7 Å². The number of carbonyl (C=O) groups excluding carboxylic acids is 2. The molecule has 1 saturated carbocycles. The molecule has 0 bridgehead atoms. The SMILES string of the molecule is CC(NC(=O)OCc1ccnc(C(=O)N[C@H]2CCC[C@@H](Nc3nc(-c4c[nH]c5ncc(F)cc45)ncc3F)C2)c1)c1ccccn1. The number of fused-ring (bicyclic) bond motifs is 1. The van der Waals surface area contributed by atoms with Gasteiger partial charge in [-0.05, 0) is 68.5 Å². The highest BCUT2D eigenvalue weighted by atomic mass is 19.1. The molecular formula is C32H31F2N9O3. The van der Waals surface area contributed by atoms with E-state index >= 15 is 0 Å². The first-order chi connectivity index (χ1) is 22.3. The van der Waals surface area contributed by atoms with Gasteiger partial charge in [0, 0.05) is 41.6 Å². The van der Waals surface area contributed by atoms with Gasteiger partial charge in [-0.25, -0.2) is 28.5 Å². The number of nitrogens with zero attached hydrogens (tertiary/aromatic N) is 5. The molecule has 46 heavy (non-hydrogen) atoms. The van der Waals surface area contributed by atoms with Crippen molar-refractivity contribution in [2.45, 2.75) is 57.3 Å². The predicted octanol–water partition coefficient (Wildman–Crippen LogP) is 5.23. The van der Waals surface area contributed by atoms with Crippen molar-refractivity contribution in [3.63, 3.8) is 0 Å². The minimum Gasteiger partial charge on any atom is -0.445 e. The molecule has 236 valence electrons. The number of alkyl carbamates (subject to hydrolysis) is 1. The molecule has 0 radical (unpaired) electrons. The second-order valence-corrected chi connectivity index (χ2v) is 11.1. The van der Waals surface area contributed by atoms with Crippen LogP contribution in [-0.4, -0.2) is 54.0 Å². The Labute approximate surface area is 262 Å². The summed E-state index contributed by atoms with van der Waals surface area (Å²) in [6, 6.07) is 9.31. The van der Waals surface area contributed by atoms with E-state index in [1.165, 1.54) is 12.3 Å². The van der Waals surface area contributed by atoms with Gasteiger partial charge in [0.2, 0.25) is 0 Å². The average Bonchev–Trinajstić information content (AvgIpc) is 3.48. The molecule has 0 saturated heterocycles. The van der Waals surface area contributed by atoms with Gasteiger partial charge in [0.05, 0.1) is 24.1 Å². The molecule has 0 aromatic carbocycles. The molecule has 14 heteroatoms. The number of rotatable bonds is 9. The van der Waals surface area contributed by atoms with Crippen LogP contribution in [0.25, 0.3) is 22.4 Å². The molecule has 0 spiro atoms. The van der Waals surface area contributed by atoms with Gasteiger partial charge in [-0.2, -0.15) is 0 Å². The quantitative estimate of drug-likeness (QED) is 0.172. The van der Waals surface area contributed by atoms with Crippen molar-refractivity contribution in [2.24, 2.45) is 0 Å². The number of halogens is 2. The third-order valence-corrected chi connectivity index (χ3v) is 7.73. The number of amides is 2. The molecule has 0 aliphatic heterocycles. The molecule has 5 heterocycles. The van der Waals surface area contributed by atoms with Gasteiger partial charge in [-0.3, -0.25) is 14.8 Å². The number of anilines is 1. The average molecular weight is 628 g/mol. The summed E-state index contributed by atoms with van der Waals surface area (Å²) in [6.45, 7) is 1.76. The van der Waals surface area contributed by atoms with Crippen LogP contribution in [0.4, 0.5) is 19.4 Å². The second-order valence-electron chi connectivity index (χ2n) is 11.1. The number of H-pyrrole nitrogens is 1. The molecule has 5 aromatic rings. The van der Waals surface area contributed by atoms with Crippen LogP contribution in [0.5, 0.6) is 0 Å². The topological polar surface area (TPSA) is 160 Å². The molecule has 1 aliphatic carbocycles. The Morgan fingerprint density at radius 1 is 1.04 bits per heavy atom. The first-order valence-electron chi connectivity index (χ1n) is 14.8. The van der Waals surface area contributed by atoms with Gasteiger partial charge in [0.15, 0.2) is 17.5 Å². The van der Waals surface area contributed by atoms with Crippen molar-refractivity contribution >= 4 is 28.9 Å². The van der Waals surface area contributed by atoms with Gasteiger partial charge < -0.3 is 25.7 Å². The number of ether oxygens (including phenoxy) is 1. The van der Waals surface area contributed by atoms with Crippen LogP contribution in [0.1, 0.15) is 60.4 Å². The zero-order valence-corrected chi connectivity index (χ0v) is 24.8. The summed E-state index contributed by atoms with van der Waals surface area (Å²) in [5, 5.41) is 9.40. The van der Waals surface area contributed by atoms with Crippen LogP contribution in [0.3, 0.4) is 0 Å². The highest BCUT2D eigenvalue weighted by molar-refractivity contribution is 5.93. The summed E-state index contributed by atoms with van der Waals surface area (Å²) >= 11 is 0. The number of aromatic amines is 1. The number of nitrogens with one attached hydrogen (secondary N) is 4. The summed E-state index contributed by atoms with van der Waals surface area (Å²) in [6.07, 6.45) is 9.13. The lowest BCUT2D eigenvalue weighted by Gasteiger charge is -2.30. The first kappa shape index (κ1) is 30.5. The monoisotopic (exact) mass is 627 g/mol. The smallest absolute Gasteiger partial charge is 0.407 e. The lowest BCUT2D eigenvalue weighted by Crippen LogP contribution is -2.42. The number of hydrogen-bond acceptors (Lipinski definition) is 9. The van der Waals surface area contributed by atoms with E-state index in [4.69, 9.17) is 4.74 Å². The Morgan fingerprint density at radius 3 is 2.76 bits per heavy atom. The van der Waals surface area contributed by atoms with E-state index in [1.807, 2.05) is 12.1 Å². The van der Waals surface area contributed by atoms with Crippen molar-refractivity contribution in [2.75, 3.05) is 5.32 Å². The molecule has 12 nitrogen and oxygen atoms in total. The Hall–Kier alpha value is -5.53. The molecule has 6 rings (SSSR count). The third kappa shape index (κ3) is 7.22. The van der Waals surface area contributed by atoms with Crippen molar-refractivity contribution in [1.29, 1.82) is 0 Å². The summed E-state index contributed by atoms with van der Waals surface area (Å²) < 4.78 is 33.9. The molecule has 1 unspecified atom stereocenters. The molecule has 5 aromatic heterocycles. The van der Waals surface area contributed by atoms with Crippen LogP contribution in [-0.2, 0) is 11.3 Å². The maximum absolute atomic E-state index is 14.8. The fourth-order valence-corrected chi connectivity index (χ4v) is 5.43. The van der Waals surface area contributed by atoms with Crippen LogP contribution in [0, 0.1) is 11.6 Å². The summed E-state index contributed by atoms with van der Waals surface area (Å²) in [5.74, 6) is -1.25. The zero-order chi connectivity index (χ0) is 32.0. The zero-order valence-electron chi connectivity index (χ0n) is 24.8. The first-order valence-corrected chi connectivity index (χ1v) is 14.8. The molecular weight excluding hydrogens is 596 g/mol. The van der Waals surface area contributed by atoms with E-state index < -0.39 is 17.7 Å². The molecule has 3 atom stereocenters. The Bertz CT molecular complexity index is 1850. The minimum atomic E-state index is -0.623. The summed E-state index contributed by atoms with van der Waals surface area (Å²) in [7, 11) is 0. The largest absolute Gasteiger partial charge is 0.445 e. The van der Waals surface area contributed by atoms with Gasteiger partial charge in [0.25, 0.3) is 5.91 Å². The third-order valence-electron chi connectivity index (χ3n) is 7.73. The Kier molecular flexibility index (Phi) is 9.03. The van der Waals surface area contributed by atoms with Gasteiger partial charge in [0.1, 0.15) is 23.8 Å². The van der Waals surface area contributed by atoms with Gasteiger partial charge in [-0.1, -0.05) is 6.07 Å². The molecule has 1 fully saturated rings. The van der Waals surface area contributed by atoms with Crippen LogP contribution in [0.15, 0.2) is 67.4 Å². The number of pyridine rings is 3. The highest BCUT2D eigenvalue weighted by Gasteiger charge is 2.26. The van der Waals surface area contributed by atoms with Gasteiger partial charge in [-0.15, -0.1) is 0 Å². The number of aromatic nitrogens is 6. The standard InChI is InChI=1S/C32H31F2N9O3/c1-18(26-7-2-3-9-35-26)40-32(45)46-17-19-8-10-36-27(11-19)31(44)42-22-6-4-5-21(13-22)41-30-25(34)16-39-29(43-30)24-15-38-28-23(24)12-20(33)14-37-28/h2-3,7-12,14-16,18,21-22H,4-6,13,17H2,1H3,(H,37,38)(H,40,45)(H,42,44)(H,39,41,43)/t18?,21-,22+/m1/s1. The van der Waals surface area contributed by atoms with Crippen molar-refractivity contribution in [1.82, 2.24) is 40.5 Å². The Morgan fingerprint density at radius 2 is 1.91 bits per heavy atom. The van der Waals surface area contributed by atoms with Crippen molar-refractivity contribution in [3.05, 3.63) is 96.0 Å². The van der Waals surface area contributed by atoms with E-state index in [-0.39, 0.29) is 48.0 Å². The van der Waals surface area contributed by atoms with E-state index in [9.17, 15) is 18.4 Å². The van der Waals surface area contributed by atoms with Crippen LogP contribution >= 0.6 is 0 Å². The fourth-order valence-electron chi connectivity index (χ4n) is 5.43. The van der Waals surface area contributed by atoms with E-state index in [2.05, 4.69) is 45.9 Å². The van der Waals surface area contributed by atoms with Crippen LogP contribution in [0.2, 0.25) is 0 Å². The Balaban J connectivity index is 1.04. The van der Waals surface area contributed by atoms with Gasteiger partial charge >= 0.3 is 6.09 Å². The van der Waals surface area contributed by atoms with Crippen molar-refractivity contribution < 1.29 is 23.1 Å². The maximum atomic E-state index is 14.8.